The summed E-state index contributed by atoms with van der Waals surface area (Å²) in [6.07, 6.45) is 5.86. The molecule has 22 heavy (non-hydrogen) atoms. The smallest absolute Gasteiger partial charge is 0.225 e. The molecule has 0 aromatic carbocycles. The molecule has 1 N–H and O–H groups in total. The van der Waals surface area contributed by atoms with E-state index in [2.05, 4.69) is 15.4 Å². The van der Waals surface area contributed by atoms with Crippen molar-refractivity contribution in [2.24, 2.45) is 0 Å². The maximum Gasteiger partial charge on any atom is 0.225 e. The summed E-state index contributed by atoms with van der Waals surface area (Å²) in [6, 6.07) is 9.74. The van der Waals surface area contributed by atoms with Gasteiger partial charge in [0.2, 0.25) is 5.91 Å². The van der Waals surface area contributed by atoms with Gasteiger partial charge in [-0.15, -0.1) is 11.3 Å². The second kappa shape index (κ2) is 7.00. The molecule has 0 saturated carbocycles. The molecule has 6 heteroatoms. The lowest BCUT2D eigenvalue weighted by molar-refractivity contribution is -0.120. The highest BCUT2D eigenvalue weighted by molar-refractivity contribution is 7.10. The van der Waals surface area contributed by atoms with Gasteiger partial charge in [-0.1, -0.05) is 6.07 Å². The molecule has 3 rings (SSSR count). The minimum atomic E-state index is 0.0453. The molecule has 0 atom stereocenters. The molecule has 0 radical (unpaired) electrons. The standard InChI is InChI=1S/C16H16N4OS/c21-16(12-14-2-1-11-22-14)18-8-10-20-9-5-15(19-20)13-3-6-17-7-4-13/h1-7,9,11H,8,10,12H2,(H,18,21). The first-order chi connectivity index (χ1) is 10.8. The molecule has 0 bridgehead atoms. The van der Waals surface area contributed by atoms with E-state index in [0.717, 1.165) is 16.1 Å². The van der Waals surface area contributed by atoms with Gasteiger partial charge in [-0.3, -0.25) is 14.5 Å². The van der Waals surface area contributed by atoms with Gasteiger partial charge in [0.1, 0.15) is 0 Å². The van der Waals surface area contributed by atoms with Crippen LogP contribution < -0.4 is 5.32 Å². The number of carbonyl (C=O) groups is 1. The molecule has 0 aliphatic rings. The van der Waals surface area contributed by atoms with Gasteiger partial charge >= 0.3 is 0 Å². The largest absolute Gasteiger partial charge is 0.354 e. The van der Waals surface area contributed by atoms with Crippen molar-refractivity contribution in [3.8, 4) is 11.3 Å². The predicted octanol–water partition coefficient (Wildman–Crippen LogP) is 2.37. The summed E-state index contributed by atoms with van der Waals surface area (Å²) < 4.78 is 1.83. The van der Waals surface area contributed by atoms with E-state index < -0.39 is 0 Å². The second-order valence-electron chi connectivity index (χ2n) is 4.81. The number of rotatable bonds is 6. The van der Waals surface area contributed by atoms with Crippen LogP contribution in [0.2, 0.25) is 0 Å². The Kier molecular flexibility index (Phi) is 4.60. The summed E-state index contributed by atoms with van der Waals surface area (Å²) in [7, 11) is 0. The molecule has 5 nitrogen and oxygen atoms in total. The van der Waals surface area contributed by atoms with E-state index in [1.54, 1.807) is 23.7 Å². The third-order valence-electron chi connectivity index (χ3n) is 3.19. The summed E-state index contributed by atoms with van der Waals surface area (Å²) in [4.78, 5) is 16.9. The van der Waals surface area contributed by atoms with Crippen LogP contribution in [0.5, 0.6) is 0 Å². The van der Waals surface area contributed by atoms with Gasteiger partial charge in [-0.2, -0.15) is 5.10 Å². The van der Waals surface area contributed by atoms with Crippen molar-refractivity contribution in [3.05, 3.63) is 59.2 Å². The fraction of sp³-hybridized carbons (Fsp3) is 0.188. The maximum atomic E-state index is 11.8. The Hall–Kier alpha value is -2.47. The number of pyridine rings is 1. The van der Waals surface area contributed by atoms with Crippen LogP contribution in [0.15, 0.2) is 54.3 Å². The number of thiophene rings is 1. The van der Waals surface area contributed by atoms with Gasteiger partial charge in [0, 0.05) is 35.6 Å². The molecule has 0 saturated heterocycles. The molecule has 0 spiro atoms. The molecule has 3 aromatic rings. The average Bonchev–Trinajstić information content (AvgIpc) is 3.20. The summed E-state index contributed by atoms with van der Waals surface area (Å²) >= 11 is 1.60. The Morgan fingerprint density at radius 3 is 2.86 bits per heavy atom. The van der Waals surface area contributed by atoms with Crippen molar-refractivity contribution in [3.63, 3.8) is 0 Å². The fourth-order valence-electron chi connectivity index (χ4n) is 2.11. The third-order valence-corrected chi connectivity index (χ3v) is 4.07. The van der Waals surface area contributed by atoms with Crippen LogP contribution in [-0.2, 0) is 17.8 Å². The van der Waals surface area contributed by atoms with Crippen LogP contribution >= 0.6 is 11.3 Å². The molecule has 112 valence electrons. The van der Waals surface area contributed by atoms with E-state index in [1.165, 1.54) is 0 Å². The number of hydrogen-bond acceptors (Lipinski definition) is 4. The van der Waals surface area contributed by atoms with Gasteiger partial charge in [0.15, 0.2) is 0 Å². The van der Waals surface area contributed by atoms with Crippen molar-refractivity contribution < 1.29 is 4.79 Å². The van der Waals surface area contributed by atoms with Gasteiger partial charge in [0.05, 0.1) is 18.7 Å². The van der Waals surface area contributed by atoms with Crippen molar-refractivity contribution >= 4 is 17.2 Å². The number of nitrogens with zero attached hydrogens (tertiary/aromatic N) is 3. The van der Waals surface area contributed by atoms with Gasteiger partial charge in [-0.05, 0) is 29.6 Å². The van der Waals surface area contributed by atoms with E-state index >= 15 is 0 Å². The molecule has 0 unspecified atom stereocenters. The summed E-state index contributed by atoms with van der Waals surface area (Å²) in [6.45, 7) is 1.23. The number of carbonyl (C=O) groups excluding carboxylic acids is 1. The SMILES string of the molecule is O=C(Cc1cccs1)NCCn1ccc(-c2ccncc2)n1. The second-order valence-corrected chi connectivity index (χ2v) is 5.84. The Morgan fingerprint density at radius 1 is 1.23 bits per heavy atom. The topological polar surface area (TPSA) is 59.8 Å². The van der Waals surface area contributed by atoms with E-state index in [1.807, 2.05) is 46.6 Å². The molecule has 0 aliphatic carbocycles. The van der Waals surface area contributed by atoms with Crippen LogP contribution in [-0.4, -0.2) is 27.2 Å². The normalized spacial score (nSPS) is 10.5. The van der Waals surface area contributed by atoms with Crippen LogP contribution in [0.4, 0.5) is 0 Å². The minimum Gasteiger partial charge on any atom is -0.354 e. The average molecular weight is 312 g/mol. The zero-order chi connectivity index (χ0) is 15.2. The fourth-order valence-corrected chi connectivity index (χ4v) is 2.81. The number of amides is 1. The Balaban J connectivity index is 1.48. The summed E-state index contributed by atoms with van der Waals surface area (Å²) in [5.41, 5.74) is 1.95. The Labute approximate surface area is 132 Å². The van der Waals surface area contributed by atoms with Crippen LogP contribution in [0.25, 0.3) is 11.3 Å². The molecule has 1 amide bonds. The van der Waals surface area contributed by atoms with E-state index in [9.17, 15) is 4.79 Å². The lowest BCUT2D eigenvalue weighted by atomic mass is 10.2. The molecule has 3 aromatic heterocycles. The Bertz CT molecular complexity index is 722. The highest BCUT2D eigenvalue weighted by Crippen LogP contribution is 2.14. The summed E-state index contributed by atoms with van der Waals surface area (Å²) in [5, 5.41) is 9.39. The van der Waals surface area contributed by atoms with Crippen LogP contribution in [0, 0.1) is 0 Å². The first-order valence-electron chi connectivity index (χ1n) is 7.04. The zero-order valence-corrected chi connectivity index (χ0v) is 12.8. The molecular formula is C16H16N4OS. The van der Waals surface area contributed by atoms with E-state index in [0.29, 0.717) is 19.5 Å². The van der Waals surface area contributed by atoms with Gasteiger partial charge < -0.3 is 5.32 Å². The van der Waals surface area contributed by atoms with Crippen molar-refractivity contribution in [1.29, 1.82) is 0 Å². The highest BCUT2D eigenvalue weighted by atomic mass is 32.1. The van der Waals surface area contributed by atoms with Crippen LogP contribution in [0.1, 0.15) is 4.88 Å². The van der Waals surface area contributed by atoms with Crippen molar-refractivity contribution in [2.75, 3.05) is 6.54 Å². The minimum absolute atomic E-state index is 0.0453. The highest BCUT2D eigenvalue weighted by Gasteiger charge is 2.05. The van der Waals surface area contributed by atoms with Crippen molar-refractivity contribution in [1.82, 2.24) is 20.1 Å². The van der Waals surface area contributed by atoms with Crippen molar-refractivity contribution in [2.45, 2.75) is 13.0 Å². The Morgan fingerprint density at radius 2 is 2.09 bits per heavy atom. The maximum absolute atomic E-state index is 11.8. The van der Waals surface area contributed by atoms with E-state index in [4.69, 9.17) is 0 Å². The first-order valence-corrected chi connectivity index (χ1v) is 7.92. The van der Waals surface area contributed by atoms with E-state index in [-0.39, 0.29) is 5.91 Å². The first kappa shape index (κ1) is 14.5. The molecule has 0 aliphatic heterocycles. The van der Waals surface area contributed by atoms with Gasteiger partial charge in [0.25, 0.3) is 0 Å². The lowest BCUT2D eigenvalue weighted by Crippen LogP contribution is -2.28. The molecular weight excluding hydrogens is 296 g/mol. The predicted molar refractivity (Wildman–Crippen MR) is 86.5 cm³/mol. The number of nitrogens with one attached hydrogen (secondary N) is 1. The van der Waals surface area contributed by atoms with Crippen LogP contribution in [0.3, 0.4) is 0 Å². The lowest BCUT2D eigenvalue weighted by Gasteiger charge is -2.04. The quantitative estimate of drug-likeness (QED) is 0.760. The summed E-state index contributed by atoms with van der Waals surface area (Å²) in [5.74, 6) is 0.0453. The molecule has 0 fully saturated rings. The monoisotopic (exact) mass is 312 g/mol. The van der Waals surface area contributed by atoms with Gasteiger partial charge in [-0.25, -0.2) is 0 Å². The molecule has 3 heterocycles. The third kappa shape index (κ3) is 3.79. The number of hydrogen-bond donors (Lipinski definition) is 1. The zero-order valence-electron chi connectivity index (χ0n) is 12.0. The number of aromatic nitrogens is 3.